The van der Waals surface area contributed by atoms with E-state index in [0.717, 1.165) is 23.5 Å². The highest BCUT2D eigenvalue weighted by atomic mass is 32.2. The van der Waals surface area contributed by atoms with Crippen molar-refractivity contribution >= 4 is 21.7 Å². The van der Waals surface area contributed by atoms with Crippen molar-refractivity contribution in [3.63, 3.8) is 0 Å². The van der Waals surface area contributed by atoms with Crippen LogP contribution in [0.15, 0.2) is 29.2 Å². The molecule has 0 spiro atoms. The Bertz CT molecular complexity index is 671. The van der Waals surface area contributed by atoms with Crippen molar-refractivity contribution in [1.29, 1.82) is 0 Å². The van der Waals surface area contributed by atoms with Gasteiger partial charge in [0.1, 0.15) is 6.04 Å². The molecule has 1 saturated heterocycles. The summed E-state index contributed by atoms with van der Waals surface area (Å²) in [5.41, 5.74) is -0.518. The second-order valence-corrected chi connectivity index (χ2v) is 6.08. The van der Waals surface area contributed by atoms with Gasteiger partial charge in [0.25, 0.3) is 15.7 Å². The topological polar surface area (TPSA) is 107 Å². The Labute approximate surface area is 115 Å². The number of methoxy groups -OCH3 is 1. The lowest BCUT2D eigenvalue weighted by Gasteiger charge is -2.06. The molecule has 0 radical (unpaired) electrons. The molecule has 0 saturated carbocycles. The van der Waals surface area contributed by atoms with E-state index >= 15 is 0 Å². The van der Waals surface area contributed by atoms with Crippen molar-refractivity contribution in [1.82, 2.24) is 4.31 Å². The van der Waals surface area contributed by atoms with Gasteiger partial charge in [-0.15, -0.1) is 0 Å². The molecule has 1 fully saturated rings. The molecule has 2 rings (SSSR count). The lowest BCUT2D eigenvalue weighted by Crippen LogP contribution is -2.21. The fraction of sp³-hybridized carbons (Fsp3) is 0.364. The number of nitro benzene ring substituents is 1. The van der Waals surface area contributed by atoms with Crippen LogP contribution in [-0.4, -0.2) is 42.8 Å². The molecule has 9 heteroatoms. The number of ether oxygens (including phenoxy) is 1. The molecule has 8 nitrogen and oxygen atoms in total. The summed E-state index contributed by atoms with van der Waals surface area (Å²) < 4.78 is 30.2. The van der Waals surface area contributed by atoms with Crippen LogP contribution in [0.25, 0.3) is 0 Å². The van der Waals surface area contributed by atoms with Gasteiger partial charge < -0.3 is 4.74 Å². The zero-order valence-electron chi connectivity index (χ0n) is 10.7. The van der Waals surface area contributed by atoms with Gasteiger partial charge >= 0.3 is 5.97 Å². The van der Waals surface area contributed by atoms with E-state index in [1.165, 1.54) is 19.1 Å². The van der Waals surface area contributed by atoms with Crippen LogP contribution >= 0.6 is 0 Å². The largest absolute Gasteiger partial charge is 0.468 e. The Hall–Kier alpha value is -2.00. The summed E-state index contributed by atoms with van der Waals surface area (Å²) in [7, 11) is -2.95. The van der Waals surface area contributed by atoms with Crippen molar-refractivity contribution < 1.29 is 22.9 Å². The highest BCUT2D eigenvalue weighted by Crippen LogP contribution is 2.38. The summed E-state index contributed by atoms with van der Waals surface area (Å²) >= 11 is 0. The monoisotopic (exact) mass is 300 g/mol. The second kappa shape index (κ2) is 4.84. The van der Waals surface area contributed by atoms with Crippen molar-refractivity contribution in [3.8, 4) is 0 Å². The first-order valence-corrected chi connectivity index (χ1v) is 7.11. The molecule has 108 valence electrons. The van der Waals surface area contributed by atoms with E-state index < -0.39 is 43.6 Å². The van der Waals surface area contributed by atoms with E-state index in [9.17, 15) is 23.3 Å². The van der Waals surface area contributed by atoms with E-state index in [4.69, 9.17) is 0 Å². The minimum Gasteiger partial charge on any atom is -0.468 e. The summed E-state index contributed by atoms with van der Waals surface area (Å²) in [6.45, 7) is 1.54. The number of carbonyl (C=O) groups is 1. The number of para-hydroxylation sites is 1. The summed E-state index contributed by atoms with van der Waals surface area (Å²) in [5.74, 6) is -0.681. The van der Waals surface area contributed by atoms with Gasteiger partial charge in [-0.1, -0.05) is 12.1 Å². The highest BCUT2D eigenvalue weighted by molar-refractivity contribution is 7.89. The molecule has 20 heavy (non-hydrogen) atoms. The van der Waals surface area contributed by atoms with Crippen LogP contribution in [0.1, 0.15) is 6.92 Å². The normalized spacial score (nSPS) is 25.0. The van der Waals surface area contributed by atoms with Crippen molar-refractivity contribution in [2.45, 2.75) is 23.9 Å². The Morgan fingerprint density at radius 3 is 2.55 bits per heavy atom. The highest BCUT2D eigenvalue weighted by Gasteiger charge is 2.58. The van der Waals surface area contributed by atoms with Gasteiger partial charge in [0.15, 0.2) is 4.90 Å². The first kappa shape index (κ1) is 14.4. The number of rotatable bonds is 4. The molecule has 0 aliphatic carbocycles. The minimum absolute atomic E-state index is 0.428. The summed E-state index contributed by atoms with van der Waals surface area (Å²) in [4.78, 5) is 21.1. The number of benzene rings is 1. The molecule has 0 bridgehead atoms. The van der Waals surface area contributed by atoms with Crippen LogP contribution in [0.5, 0.6) is 0 Å². The van der Waals surface area contributed by atoms with Gasteiger partial charge in [-0.25, -0.2) is 8.42 Å². The maximum Gasteiger partial charge on any atom is 0.325 e. The molecule has 1 aliphatic heterocycles. The number of esters is 1. The number of hydrogen-bond donors (Lipinski definition) is 0. The van der Waals surface area contributed by atoms with Gasteiger partial charge in [-0.3, -0.25) is 14.9 Å². The number of hydrogen-bond acceptors (Lipinski definition) is 6. The molecular formula is C11H12N2O6S. The average Bonchev–Trinajstić information content (AvgIpc) is 3.10. The lowest BCUT2D eigenvalue weighted by molar-refractivity contribution is -0.387. The predicted molar refractivity (Wildman–Crippen MR) is 67.4 cm³/mol. The van der Waals surface area contributed by atoms with E-state index in [0.29, 0.717) is 0 Å². The number of nitro groups is 1. The molecule has 2 unspecified atom stereocenters. The Kier molecular flexibility index (Phi) is 3.48. The summed E-state index contributed by atoms with van der Waals surface area (Å²) in [6.07, 6.45) is 0. The standard InChI is InChI=1S/C11H12N2O6S/c1-7-10(11(14)19-2)12(7)20(17,18)9-6-4-3-5-8(9)13(15)16/h3-7,10H,1-2H3/t7?,10-,12?/m1/s1. The quantitative estimate of drug-likeness (QED) is 0.347. The molecule has 0 amide bonds. The van der Waals surface area contributed by atoms with Crippen molar-refractivity contribution in [2.75, 3.05) is 7.11 Å². The third-order valence-corrected chi connectivity index (χ3v) is 5.12. The van der Waals surface area contributed by atoms with Gasteiger partial charge in [0.2, 0.25) is 0 Å². The van der Waals surface area contributed by atoms with Gasteiger partial charge in [0.05, 0.1) is 18.1 Å². The summed E-state index contributed by atoms with van der Waals surface area (Å²) in [5, 5.41) is 10.9. The van der Waals surface area contributed by atoms with E-state index in [-0.39, 0.29) is 0 Å². The Balaban J connectivity index is 2.43. The predicted octanol–water partition coefficient (Wildman–Crippen LogP) is 0.529. The molecule has 0 N–H and O–H groups in total. The number of sulfonamides is 1. The van der Waals surface area contributed by atoms with E-state index in [1.807, 2.05) is 0 Å². The maximum absolute atomic E-state index is 12.4. The second-order valence-electron chi connectivity index (χ2n) is 4.27. The van der Waals surface area contributed by atoms with Gasteiger partial charge in [0, 0.05) is 6.07 Å². The number of carbonyl (C=O) groups excluding carboxylic acids is 1. The van der Waals surface area contributed by atoms with Crippen LogP contribution in [0.3, 0.4) is 0 Å². The van der Waals surface area contributed by atoms with Crippen LogP contribution in [0.2, 0.25) is 0 Å². The molecule has 1 heterocycles. The fourth-order valence-corrected chi connectivity index (χ4v) is 4.00. The Morgan fingerprint density at radius 2 is 2.00 bits per heavy atom. The fourth-order valence-electron chi connectivity index (χ4n) is 2.05. The van der Waals surface area contributed by atoms with Crippen LogP contribution in [-0.2, 0) is 19.6 Å². The SMILES string of the molecule is COC(=O)[C@H]1C(C)N1S(=O)(=O)c1ccccc1[N+](=O)[O-]. The van der Waals surface area contributed by atoms with E-state index in [2.05, 4.69) is 4.74 Å². The molecule has 1 aromatic rings. The average molecular weight is 300 g/mol. The Morgan fingerprint density at radius 1 is 1.40 bits per heavy atom. The van der Waals surface area contributed by atoms with Crippen LogP contribution in [0.4, 0.5) is 5.69 Å². The molecular weight excluding hydrogens is 288 g/mol. The maximum atomic E-state index is 12.4. The summed E-state index contributed by atoms with van der Waals surface area (Å²) in [6, 6.07) is 3.51. The molecule has 3 atom stereocenters. The third kappa shape index (κ3) is 2.14. The van der Waals surface area contributed by atoms with Gasteiger partial charge in [-0.05, 0) is 13.0 Å². The van der Waals surface area contributed by atoms with Crippen LogP contribution < -0.4 is 0 Å². The number of nitrogens with zero attached hydrogens (tertiary/aromatic N) is 2. The zero-order chi connectivity index (χ0) is 15.1. The first-order chi connectivity index (χ1) is 9.32. The molecule has 1 aliphatic rings. The van der Waals surface area contributed by atoms with Crippen LogP contribution in [0, 0.1) is 10.1 Å². The minimum atomic E-state index is -4.10. The molecule has 0 aromatic heterocycles. The van der Waals surface area contributed by atoms with Gasteiger partial charge in [-0.2, -0.15) is 4.31 Å². The van der Waals surface area contributed by atoms with Crippen molar-refractivity contribution in [3.05, 3.63) is 34.4 Å². The smallest absolute Gasteiger partial charge is 0.325 e. The third-order valence-electron chi connectivity index (χ3n) is 3.10. The first-order valence-electron chi connectivity index (χ1n) is 5.67. The zero-order valence-corrected chi connectivity index (χ0v) is 11.5. The van der Waals surface area contributed by atoms with Crippen molar-refractivity contribution in [2.24, 2.45) is 0 Å². The molecule has 1 aromatic carbocycles. The van der Waals surface area contributed by atoms with E-state index in [1.54, 1.807) is 0 Å². The lowest BCUT2D eigenvalue weighted by atomic mass is 10.3.